The Kier molecular flexibility index (Phi) is 6.57. The van der Waals surface area contributed by atoms with Crippen LogP contribution in [0.5, 0.6) is 0 Å². The van der Waals surface area contributed by atoms with E-state index < -0.39 is 0 Å². The molecule has 1 aromatic carbocycles. The fraction of sp³-hybridized carbons (Fsp3) is 0.444. The summed E-state index contributed by atoms with van der Waals surface area (Å²) in [5.41, 5.74) is 3.84. The molecule has 2 aliphatic heterocycles. The van der Waals surface area contributed by atoms with Gasteiger partial charge in [0.2, 0.25) is 5.95 Å². The van der Waals surface area contributed by atoms with Crippen LogP contribution in [-0.2, 0) is 17.7 Å². The van der Waals surface area contributed by atoms with Crippen molar-refractivity contribution in [1.29, 1.82) is 0 Å². The van der Waals surface area contributed by atoms with Crippen LogP contribution in [0.4, 0.5) is 22.2 Å². The van der Waals surface area contributed by atoms with Gasteiger partial charge in [0.25, 0.3) is 0 Å². The first-order valence-electron chi connectivity index (χ1n) is 13.1. The van der Waals surface area contributed by atoms with E-state index in [-0.39, 0.29) is 12.1 Å². The van der Waals surface area contributed by atoms with Crippen molar-refractivity contribution in [2.24, 2.45) is 0 Å². The minimum atomic E-state index is -0.158. The molecule has 37 heavy (non-hydrogen) atoms. The van der Waals surface area contributed by atoms with Gasteiger partial charge < -0.3 is 25.2 Å². The van der Waals surface area contributed by atoms with Gasteiger partial charge >= 0.3 is 6.03 Å². The molecular weight excluding hydrogens is 468 g/mol. The van der Waals surface area contributed by atoms with Crippen LogP contribution < -0.4 is 20.4 Å². The van der Waals surface area contributed by atoms with E-state index in [1.54, 1.807) is 12.4 Å². The van der Waals surface area contributed by atoms with E-state index in [4.69, 9.17) is 14.7 Å². The van der Waals surface area contributed by atoms with Gasteiger partial charge in [-0.15, -0.1) is 0 Å². The Bertz CT molecular complexity index is 1250. The number of carbonyl (C=O) groups is 1. The molecule has 2 fully saturated rings. The van der Waals surface area contributed by atoms with Crippen LogP contribution in [0.25, 0.3) is 11.4 Å². The molecule has 1 saturated heterocycles. The number of aromatic nitrogens is 4. The molecule has 0 radical (unpaired) electrons. The zero-order valence-corrected chi connectivity index (χ0v) is 21.1. The second-order valence-corrected chi connectivity index (χ2v) is 9.94. The minimum Gasteiger partial charge on any atom is -0.377 e. The lowest BCUT2D eigenvalue weighted by atomic mass is 9.93. The number of morpholine rings is 1. The number of amides is 2. The summed E-state index contributed by atoms with van der Waals surface area (Å²) in [6.07, 6.45) is 7.66. The molecular formula is C27H32N8O2. The molecule has 10 nitrogen and oxygen atoms in total. The lowest BCUT2D eigenvalue weighted by Crippen LogP contribution is -2.45. The van der Waals surface area contributed by atoms with Crippen molar-refractivity contribution in [3.05, 3.63) is 54.0 Å². The van der Waals surface area contributed by atoms with Crippen LogP contribution in [-0.4, -0.2) is 64.4 Å². The molecule has 1 unspecified atom stereocenters. The average molecular weight is 501 g/mol. The number of nitrogens with zero attached hydrogens (tertiary/aromatic N) is 6. The third-order valence-corrected chi connectivity index (χ3v) is 7.36. The maximum Gasteiger partial charge on any atom is 0.319 e. The maximum absolute atomic E-state index is 12.3. The van der Waals surface area contributed by atoms with Gasteiger partial charge in [-0.2, -0.15) is 0 Å². The summed E-state index contributed by atoms with van der Waals surface area (Å²) in [6, 6.07) is 9.94. The number of rotatable bonds is 5. The number of anilines is 3. The summed E-state index contributed by atoms with van der Waals surface area (Å²) < 4.78 is 5.70. The van der Waals surface area contributed by atoms with Gasteiger partial charge in [-0.25, -0.2) is 24.7 Å². The van der Waals surface area contributed by atoms with Crippen LogP contribution in [0.2, 0.25) is 0 Å². The van der Waals surface area contributed by atoms with Crippen LogP contribution in [0.15, 0.2) is 42.7 Å². The third kappa shape index (κ3) is 5.06. The minimum absolute atomic E-state index is 0.158. The van der Waals surface area contributed by atoms with Crippen LogP contribution in [0.3, 0.4) is 0 Å². The maximum atomic E-state index is 12.3. The van der Waals surface area contributed by atoms with Gasteiger partial charge in [-0.1, -0.05) is 0 Å². The first-order valence-corrected chi connectivity index (χ1v) is 13.1. The number of ether oxygens (including phenoxy) is 1. The van der Waals surface area contributed by atoms with E-state index in [0.717, 1.165) is 55.1 Å². The Morgan fingerprint density at radius 3 is 2.62 bits per heavy atom. The van der Waals surface area contributed by atoms with E-state index in [0.29, 0.717) is 37.6 Å². The Morgan fingerprint density at radius 2 is 1.89 bits per heavy atom. The van der Waals surface area contributed by atoms with Gasteiger partial charge in [0.15, 0.2) is 5.82 Å². The molecule has 6 rings (SSSR count). The summed E-state index contributed by atoms with van der Waals surface area (Å²) in [4.78, 5) is 35.8. The Labute approximate surface area is 216 Å². The molecule has 0 spiro atoms. The Balaban J connectivity index is 1.29. The summed E-state index contributed by atoms with van der Waals surface area (Å²) in [7, 11) is 0. The van der Waals surface area contributed by atoms with E-state index in [1.807, 2.05) is 30.3 Å². The molecule has 3 aliphatic rings. The number of urea groups is 1. The van der Waals surface area contributed by atoms with E-state index in [2.05, 4.69) is 37.3 Å². The molecule has 192 valence electrons. The standard InChI is InChI=1S/C27H32N8O2/c1-18-17-37-15-14-35(18)25-22-10-13-34(26-28-11-3-12-29-26)16-23(22)32-24(33-25)19-6-8-21(9-7-19)31-27(36)30-20-4-2-5-20/h3,6-9,11-12,18,20H,2,4-5,10,13-17H2,1H3,(H2,30,31,36). The predicted molar refractivity (Wildman–Crippen MR) is 142 cm³/mol. The van der Waals surface area contributed by atoms with Crippen molar-refractivity contribution in [3.8, 4) is 11.4 Å². The van der Waals surface area contributed by atoms with Crippen molar-refractivity contribution < 1.29 is 9.53 Å². The van der Waals surface area contributed by atoms with Gasteiger partial charge in [-0.3, -0.25) is 0 Å². The number of hydrogen-bond donors (Lipinski definition) is 2. The quantitative estimate of drug-likeness (QED) is 0.549. The average Bonchev–Trinajstić information content (AvgIpc) is 2.91. The van der Waals surface area contributed by atoms with Crippen LogP contribution in [0.1, 0.15) is 37.4 Å². The molecule has 3 aromatic rings. The largest absolute Gasteiger partial charge is 0.377 e. The van der Waals surface area contributed by atoms with Gasteiger partial charge in [0.1, 0.15) is 5.82 Å². The second kappa shape index (κ2) is 10.3. The zero-order valence-electron chi connectivity index (χ0n) is 21.1. The van der Waals surface area contributed by atoms with E-state index >= 15 is 0 Å². The molecule has 2 aromatic heterocycles. The summed E-state index contributed by atoms with van der Waals surface area (Å²) in [5, 5.41) is 5.93. The van der Waals surface area contributed by atoms with E-state index in [1.165, 1.54) is 12.0 Å². The predicted octanol–water partition coefficient (Wildman–Crippen LogP) is 3.40. The molecule has 2 amide bonds. The smallest absolute Gasteiger partial charge is 0.319 e. The van der Waals surface area contributed by atoms with Gasteiger partial charge in [-0.05, 0) is 62.9 Å². The molecule has 4 heterocycles. The number of benzene rings is 1. The lowest BCUT2D eigenvalue weighted by Gasteiger charge is -2.37. The topological polar surface area (TPSA) is 108 Å². The molecule has 1 saturated carbocycles. The first-order chi connectivity index (χ1) is 18.1. The third-order valence-electron chi connectivity index (χ3n) is 7.36. The van der Waals surface area contributed by atoms with Crippen LogP contribution in [0, 0.1) is 0 Å². The SMILES string of the molecule is CC1COCCN1c1nc(-c2ccc(NC(=O)NC3CCC3)cc2)nc2c1CCN(c1ncccn1)C2. The highest BCUT2D eigenvalue weighted by atomic mass is 16.5. The fourth-order valence-corrected chi connectivity index (χ4v) is 5.05. The Hall–Kier alpha value is -3.79. The number of hydrogen-bond acceptors (Lipinski definition) is 8. The zero-order chi connectivity index (χ0) is 25.2. The number of carbonyl (C=O) groups excluding carboxylic acids is 1. The molecule has 10 heteroatoms. The van der Waals surface area contributed by atoms with Crippen molar-refractivity contribution in [1.82, 2.24) is 25.3 Å². The first kappa shape index (κ1) is 23.6. The highest BCUT2D eigenvalue weighted by Crippen LogP contribution is 2.32. The summed E-state index contributed by atoms with van der Waals surface area (Å²) >= 11 is 0. The summed E-state index contributed by atoms with van der Waals surface area (Å²) in [5.74, 6) is 2.38. The fourth-order valence-electron chi connectivity index (χ4n) is 5.05. The summed E-state index contributed by atoms with van der Waals surface area (Å²) in [6.45, 7) is 5.79. The lowest BCUT2D eigenvalue weighted by molar-refractivity contribution is 0.0984. The number of nitrogens with one attached hydrogen (secondary N) is 2. The number of fused-ring (bicyclic) bond motifs is 1. The van der Waals surface area contributed by atoms with Crippen molar-refractivity contribution in [3.63, 3.8) is 0 Å². The van der Waals surface area contributed by atoms with Gasteiger partial charge in [0, 0.05) is 48.3 Å². The second-order valence-electron chi connectivity index (χ2n) is 9.94. The highest BCUT2D eigenvalue weighted by Gasteiger charge is 2.29. The van der Waals surface area contributed by atoms with Crippen molar-refractivity contribution in [2.45, 2.75) is 51.2 Å². The highest BCUT2D eigenvalue weighted by molar-refractivity contribution is 5.89. The van der Waals surface area contributed by atoms with Crippen LogP contribution >= 0.6 is 0 Å². The molecule has 2 N–H and O–H groups in total. The van der Waals surface area contributed by atoms with Gasteiger partial charge in [0.05, 0.1) is 31.5 Å². The molecule has 1 aliphatic carbocycles. The van der Waals surface area contributed by atoms with Crippen molar-refractivity contribution in [2.75, 3.05) is 41.4 Å². The van der Waals surface area contributed by atoms with Crippen molar-refractivity contribution >= 4 is 23.5 Å². The molecule has 0 bridgehead atoms. The Morgan fingerprint density at radius 1 is 1.08 bits per heavy atom. The monoisotopic (exact) mass is 500 g/mol. The normalized spacial score (nSPS) is 19.6. The van der Waals surface area contributed by atoms with E-state index in [9.17, 15) is 4.79 Å². The molecule has 1 atom stereocenters.